The fourth-order valence-electron chi connectivity index (χ4n) is 1.48. The van der Waals surface area contributed by atoms with Crippen LogP contribution in [0.3, 0.4) is 0 Å². The minimum Gasteiger partial charge on any atom is -0.476 e. The Bertz CT molecular complexity index is 433. The van der Waals surface area contributed by atoms with Crippen LogP contribution in [-0.4, -0.2) is 34.9 Å². The van der Waals surface area contributed by atoms with Gasteiger partial charge in [0.25, 0.3) is 0 Å². The van der Waals surface area contributed by atoms with Crippen molar-refractivity contribution in [2.24, 2.45) is 0 Å². The van der Waals surface area contributed by atoms with Crippen molar-refractivity contribution >= 4 is 0 Å². The quantitative estimate of drug-likeness (QED) is 0.813. The van der Waals surface area contributed by atoms with Gasteiger partial charge in [0.2, 0.25) is 5.88 Å². The number of aromatic nitrogens is 1. The van der Waals surface area contributed by atoms with E-state index in [9.17, 15) is 18.3 Å². The molecule has 7 heteroatoms. The zero-order valence-corrected chi connectivity index (χ0v) is 12.4. The summed E-state index contributed by atoms with van der Waals surface area (Å²) in [7, 11) is 0. The van der Waals surface area contributed by atoms with Gasteiger partial charge in [0.15, 0.2) is 0 Å². The molecule has 0 aliphatic heterocycles. The predicted molar refractivity (Wildman–Crippen MR) is 73.1 cm³/mol. The molecule has 0 aliphatic carbocycles. The summed E-state index contributed by atoms with van der Waals surface area (Å²) in [5.74, 6) is 0.133. The van der Waals surface area contributed by atoms with E-state index < -0.39 is 23.4 Å². The molecule has 0 amide bonds. The summed E-state index contributed by atoms with van der Waals surface area (Å²) in [4.78, 5) is 3.64. The van der Waals surface area contributed by atoms with Gasteiger partial charge < -0.3 is 15.2 Å². The number of hydrogen-bond donors (Lipinski definition) is 2. The first-order valence-electron chi connectivity index (χ1n) is 6.73. The van der Waals surface area contributed by atoms with Gasteiger partial charge in [0.1, 0.15) is 6.61 Å². The Balaban J connectivity index is 2.50. The summed E-state index contributed by atoms with van der Waals surface area (Å²) in [5.41, 5.74) is -1.24. The van der Waals surface area contributed by atoms with Gasteiger partial charge >= 0.3 is 6.18 Å². The van der Waals surface area contributed by atoms with Crippen molar-refractivity contribution in [3.05, 3.63) is 23.9 Å². The van der Waals surface area contributed by atoms with Crippen LogP contribution in [0.25, 0.3) is 0 Å². The largest absolute Gasteiger partial charge is 0.476 e. The predicted octanol–water partition coefficient (Wildman–Crippen LogP) is 2.62. The molecular weight excluding hydrogens is 285 g/mol. The average molecular weight is 306 g/mol. The highest BCUT2D eigenvalue weighted by Crippen LogP contribution is 2.29. The highest BCUT2D eigenvalue weighted by Gasteiger charge is 2.30. The van der Waals surface area contributed by atoms with Gasteiger partial charge in [-0.05, 0) is 26.3 Å². The lowest BCUT2D eigenvalue weighted by Gasteiger charge is -2.27. The third-order valence-corrected chi connectivity index (χ3v) is 2.93. The zero-order valence-electron chi connectivity index (χ0n) is 12.4. The van der Waals surface area contributed by atoms with Crippen LogP contribution >= 0.6 is 0 Å². The van der Waals surface area contributed by atoms with Crippen LogP contribution in [0, 0.1) is 0 Å². The van der Waals surface area contributed by atoms with E-state index in [2.05, 4.69) is 10.3 Å². The molecule has 0 saturated heterocycles. The first kappa shape index (κ1) is 17.7. The van der Waals surface area contributed by atoms with Crippen LogP contribution in [0.4, 0.5) is 13.2 Å². The molecule has 0 aromatic carbocycles. The first-order valence-corrected chi connectivity index (χ1v) is 6.73. The normalized spacial score (nSPS) is 14.0. The standard InChI is InChI=1S/C14H21F3N2O2/c1-4-11(20)8-19-13(2,3)9-21-12-6-5-10(7-18-12)14(15,16)17/h5-7,11,19-20H,4,8-9H2,1-3H3/t11-/m1/s1. The average Bonchev–Trinajstić information content (AvgIpc) is 2.42. The lowest BCUT2D eigenvalue weighted by atomic mass is 10.1. The van der Waals surface area contributed by atoms with E-state index in [4.69, 9.17) is 4.74 Å². The molecule has 1 aromatic rings. The second-order valence-corrected chi connectivity index (χ2v) is 5.50. The van der Waals surface area contributed by atoms with Crippen LogP contribution in [0.15, 0.2) is 18.3 Å². The maximum atomic E-state index is 12.4. The van der Waals surface area contributed by atoms with Crippen LogP contribution in [0.2, 0.25) is 0 Å². The Morgan fingerprint density at radius 1 is 1.33 bits per heavy atom. The van der Waals surface area contributed by atoms with Gasteiger partial charge in [0.05, 0.1) is 11.7 Å². The molecule has 0 unspecified atom stereocenters. The van der Waals surface area contributed by atoms with Crippen LogP contribution in [-0.2, 0) is 6.18 Å². The minimum atomic E-state index is -4.40. The van der Waals surface area contributed by atoms with Crippen molar-refractivity contribution < 1.29 is 23.0 Å². The van der Waals surface area contributed by atoms with Crippen molar-refractivity contribution in [3.63, 3.8) is 0 Å². The number of ether oxygens (including phenoxy) is 1. The lowest BCUT2D eigenvalue weighted by molar-refractivity contribution is -0.137. The third-order valence-electron chi connectivity index (χ3n) is 2.93. The highest BCUT2D eigenvalue weighted by atomic mass is 19.4. The molecule has 0 radical (unpaired) electrons. The second kappa shape index (κ2) is 7.09. The molecule has 0 saturated carbocycles. The summed E-state index contributed by atoms with van der Waals surface area (Å²) < 4.78 is 42.6. The molecule has 4 nitrogen and oxygen atoms in total. The first-order chi connectivity index (χ1) is 9.64. The monoisotopic (exact) mass is 306 g/mol. The Morgan fingerprint density at radius 2 is 2.00 bits per heavy atom. The van der Waals surface area contributed by atoms with Gasteiger partial charge in [-0.25, -0.2) is 4.98 Å². The van der Waals surface area contributed by atoms with Gasteiger partial charge in [-0.2, -0.15) is 13.2 Å². The van der Waals surface area contributed by atoms with E-state index in [0.717, 1.165) is 12.3 Å². The topological polar surface area (TPSA) is 54.4 Å². The van der Waals surface area contributed by atoms with Crippen molar-refractivity contribution in [1.29, 1.82) is 0 Å². The maximum absolute atomic E-state index is 12.4. The van der Waals surface area contributed by atoms with Gasteiger partial charge in [-0.1, -0.05) is 6.92 Å². The van der Waals surface area contributed by atoms with E-state index in [1.54, 1.807) is 0 Å². The number of aliphatic hydroxyl groups excluding tert-OH is 1. The third kappa shape index (κ3) is 6.31. The fourth-order valence-corrected chi connectivity index (χ4v) is 1.48. The second-order valence-electron chi connectivity index (χ2n) is 5.50. The number of nitrogens with zero attached hydrogens (tertiary/aromatic N) is 1. The number of nitrogens with one attached hydrogen (secondary N) is 1. The SMILES string of the molecule is CC[C@@H](O)CNC(C)(C)COc1ccc(C(F)(F)F)cn1. The van der Waals surface area contributed by atoms with Gasteiger partial charge in [0, 0.05) is 24.3 Å². The Hall–Kier alpha value is -1.34. The molecule has 0 fully saturated rings. The van der Waals surface area contributed by atoms with E-state index in [1.807, 2.05) is 20.8 Å². The van der Waals surface area contributed by atoms with Crippen molar-refractivity contribution in [2.45, 2.75) is 45.0 Å². The molecule has 0 aliphatic rings. The van der Waals surface area contributed by atoms with Crippen molar-refractivity contribution in [1.82, 2.24) is 10.3 Å². The summed E-state index contributed by atoms with van der Waals surface area (Å²) in [5, 5.41) is 12.6. The Morgan fingerprint density at radius 3 is 2.48 bits per heavy atom. The Kier molecular flexibility index (Phi) is 5.98. The molecular formula is C14H21F3N2O2. The molecule has 1 aromatic heterocycles. The van der Waals surface area contributed by atoms with Crippen LogP contribution < -0.4 is 10.1 Å². The number of alkyl halides is 3. The summed E-state index contributed by atoms with van der Waals surface area (Å²) in [6.45, 7) is 6.27. The number of pyridine rings is 1. The minimum absolute atomic E-state index is 0.133. The van der Waals surface area contributed by atoms with Crippen LogP contribution in [0.5, 0.6) is 5.88 Å². The fraction of sp³-hybridized carbons (Fsp3) is 0.643. The lowest BCUT2D eigenvalue weighted by Crippen LogP contribution is -2.47. The maximum Gasteiger partial charge on any atom is 0.417 e. The molecule has 0 bridgehead atoms. The van der Waals surface area contributed by atoms with Crippen molar-refractivity contribution in [3.8, 4) is 5.88 Å². The van der Waals surface area contributed by atoms with E-state index in [0.29, 0.717) is 13.0 Å². The number of aliphatic hydroxyl groups is 1. The number of rotatable bonds is 7. The highest BCUT2D eigenvalue weighted by molar-refractivity contribution is 5.20. The Labute approximate surface area is 122 Å². The molecule has 1 rings (SSSR count). The molecule has 2 N–H and O–H groups in total. The molecule has 120 valence electrons. The summed E-state index contributed by atoms with van der Waals surface area (Å²) in [6.07, 6.45) is -3.45. The molecule has 0 spiro atoms. The zero-order chi connectivity index (χ0) is 16.1. The summed E-state index contributed by atoms with van der Waals surface area (Å²) >= 11 is 0. The molecule has 1 heterocycles. The van der Waals surface area contributed by atoms with Gasteiger partial charge in [-0.3, -0.25) is 0 Å². The number of hydrogen-bond acceptors (Lipinski definition) is 4. The summed E-state index contributed by atoms with van der Waals surface area (Å²) in [6, 6.07) is 2.13. The number of halogens is 3. The van der Waals surface area contributed by atoms with Gasteiger partial charge in [-0.15, -0.1) is 0 Å². The molecule has 1 atom stereocenters. The van der Waals surface area contributed by atoms with E-state index in [-0.39, 0.29) is 12.5 Å². The molecule has 21 heavy (non-hydrogen) atoms. The number of β-amino-alcohol motifs (C(OH)–C–C–N with tert-alkyl or cyclic N) is 1. The van der Waals surface area contributed by atoms with Crippen LogP contribution in [0.1, 0.15) is 32.8 Å². The van der Waals surface area contributed by atoms with Crippen molar-refractivity contribution in [2.75, 3.05) is 13.2 Å². The van der Waals surface area contributed by atoms with E-state index in [1.165, 1.54) is 6.07 Å². The van der Waals surface area contributed by atoms with E-state index >= 15 is 0 Å². The smallest absolute Gasteiger partial charge is 0.417 e.